The highest BCUT2D eigenvalue weighted by atomic mass is 16.2. The normalized spacial score (nSPS) is 14.3. The number of fused-ring (bicyclic) bond motifs is 1. The Morgan fingerprint density at radius 2 is 2.12 bits per heavy atom. The van der Waals surface area contributed by atoms with Crippen molar-refractivity contribution in [2.24, 2.45) is 0 Å². The highest BCUT2D eigenvalue weighted by Crippen LogP contribution is 2.28. The average Bonchev–Trinajstić information content (AvgIpc) is 2.27. The van der Waals surface area contributed by atoms with Crippen molar-refractivity contribution in [3.63, 3.8) is 0 Å². The first-order chi connectivity index (χ1) is 8.09. The van der Waals surface area contributed by atoms with E-state index in [-0.39, 0.29) is 24.5 Å². The molecular weight excluding hydrogens is 218 g/mol. The summed E-state index contributed by atoms with van der Waals surface area (Å²) in [5.74, 6) is -0.248. The number of rotatable bonds is 1. The van der Waals surface area contributed by atoms with Crippen molar-refractivity contribution >= 4 is 23.3 Å². The van der Waals surface area contributed by atoms with Gasteiger partial charge in [0.25, 0.3) is 5.91 Å². The van der Waals surface area contributed by atoms with Crippen molar-refractivity contribution in [3.05, 3.63) is 24.3 Å². The van der Waals surface area contributed by atoms with E-state index < -0.39 is 0 Å². The van der Waals surface area contributed by atoms with Crippen molar-refractivity contribution in [2.75, 3.05) is 16.8 Å². The third-order valence-electron chi connectivity index (χ3n) is 2.44. The lowest BCUT2D eigenvalue weighted by atomic mass is 10.2. The zero-order valence-corrected chi connectivity index (χ0v) is 9.86. The van der Waals surface area contributed by atoms with Gasteiger partial charge >= 0.3 is 6.03 Å². The number of carbonyl (C=O) groups is 2. The highest BCUT2D eigenvalue weighted by Gasteiger charge is 2.29. The first-order valence-electron chi connectivity index (χ1n) is 5.56. The largest absolute Gasteiger partial charge is 0.374 e. The molecule has 0 radical (unpaired) electrons. The van der Waals surface area contributed by atoms with Gasteiger partial charge in [-0.2, -0.15) is 0 Å². The van der Waals surface area contributed by atoms with E-state index in [1.807, 2.05) is 26.0 Å². The number of para-hydroxylation sites is 2. The molecule has 0 spiro atoms. The zero-order chi connectivity index (χ0) is 12.4. The van der Waals surface area contributed by atoms with Crippen LogP contribution >= 0.6 is 0 Å². The molecule has 1 aromatic carbocycles. The van der Waals surface area contributed by atoms with E-state index in [9.17, 15) is 9.59 Å². The Labute approximate surface area is 99.8 Å². The molecule has 90 valence electrons. The van der Waals surface area contributed by atoms with E-state index in [0.717, 1.165) is 5.69 Å². The number of imide groups is 1. The van der Waals surface area contributed by atoms with Crippen molar-refractivity contribution in [2.45, 2.75) is 19.9 Å². The molecule has 2 rings (SSSR count). The van der Waals surface area contributed by atoms with Crippen LogP contribution in [0, 0.1) is 0 Å². The number of nitrogens with zero attached hydrogens (tertiary/aromatic N) is 1. The van der Waals surface area contributed by atoms with Crippen LogP contribution in [0.15, 0.2) is 24.3 Å². The molecule has 0 saturated carbocycles. The summed E-state index contributed by atoms with van der Waals surface area (Å²) >= 11 is 0. The van der Waals surface area contributed by atoms with E-state index in [1.165, 1.54) is 4.90 Å². The zero-order valence-electron chi connectivity index (χ0n) is 9.86. The number of amides is 3. The van der Waals surface area contributed by atoms with Crippen LogP contribution in [-0.2, 0) is 4.79 Å². The molecule has 5 heteroatoms. The molecule has 1 aliphatic heterocycles. The first kappa shape index (κ1) is 11.4. The summed E-state index contributed by atoms with van der Waals surface area (Å²) in [7, 11) is 0. The smallest absolute Gasteiger partial charge is 0.329 e. The van der Waals surface area contributed by atoms with Gasteiger partial charge in [0.1, 0.15) is 0 Å². The number of benzene rings is 1. The Morgan fingerprint density at radius 1 is 1.41 bits per heavy atom. The van der Waals surface area contributed by atoms with Crippen LogP contribution in [0.1, 0.15) is 13.8 Å². The van der Waals surface area contributed by atoms with Gasteiger partial charge < -0.3 is 10.6 Å². The number of urea groups is 1. The minimum Gasteiger partial charge on any atom is -0.374 e. The van der Waals surface area contributed by atoms with Crippen LogP contribution < -0.4 is 15.5 Å². The Hall–Kier alpha value is -2.04. The molecule has 0 aliphatic carbocycles. The molecule has 2 N–H and O–H groups in total. The maximum absolute atomic E-state index is 11.9. The fourth-order valence-electron chi connectivity index (χ4n) is 1.74. The second-order valence-electron chi connectivity index (χ2n) is 4.20. The van der Waals surface area contributed by atoms with Gasteiger partial charge in [-0.1, -0.05) is 12.1 Å². The molecule has 17 heavy (non-hydrogen) atoms. The van der Waals surface area contributed by atoms with Gasteiger partial charge in [0.15, 0.2) is 0 Å². The van der Waals surface area contributed by atoms with Gasteiger partial charge in [-0.3, -0.25) is 4.79 Å². The topological polar surface area (TPSA) is 61.4 Å². The SMILES string of the molecule is CC(C)NC(=O)N1C(=O)CNc2ccccc21. The molecule has 1 heterocycles. The minimum atomic E-state index is -0.376. The van der Waals surface area contributed by atoms with Gasteiger partial charge in [0.2, 0.25) is 0 Å². The summed E-state index contributed by atoms with van der Waals surface area (Å²) < 4.78 is 0. The van der Waals surface area contributed by atoms with E-state index in [2.05, 4.69) is 10.6 Å². The lowest BCUT2D eigenvalue weighted by molar-refractivity contribution is -0.116. The molecule has 0 bridgehead atoms. The van der Waals surface area contributed by atoms with Crippen LogP contribution in [0.3, 0.4) is 0 Å². The summed E-state index contributed by atoms with van der Waals surface area (Å²) in [6.45, 7) is 3.86. The number of anilines is 2. The average molecular weight is 233 g/mol. The Morgan fingerprint density at radius 3 is 2.82 bits per heavy atom. The lowest BCUT2D eigenvalue weighted by Crippen LogP contribution is -2.50. The maximum Gasteiger partial charge on any atom is 0.329 e. The van der Waals surface area contributed by atoms with Crippen LogP contribution in [0.4, 0.5) is 16.2 Å². The van der Waals surface area contributed by atoms with Crippen LogP contribution in [0.5, 0.6) is 0 Å². The number of nitrogens with one attached hydrogen (secondary N) is 2. The van der Waals surface area contributed by atoms with Gasteiger partial charge in [0.05, 0.1) is 17.9 Å². The Bertz CT molecular complexity index is 457. The van der Waals surface area contributed by atoms with E-state index >= 15 is 0 Å². The molecule has 5 nitrogen and oxygen atoms in total. The van der Waals surface area contributed by atoms with Crippen molar-refractivity contribution in [3.8, 4) is 0 Å². The molecule has 0 saturated heterocycles. The fraction of sp³-hybridized carbons (Fsp3) is 0.333. The number of hydrogen-bond acceptors (Lipinski definition) is 3. The molecule has 0 fully saturated rings. The third-order valence-corrected chi connectivity index (χ3v) is 2.44. The van der Waals surface area contributed by atoms with Crippen molar-refractivity contribution < 1.29 is 9.59 Å². The molecule has 1 aromatic rings. The molecule has 1 aliphatic rings. The van der Waals surface area contributed by atoms with E-state index in [1.54, 1.807) is 12.1 Å². The van der Waals surface area contributed by atoms with Gasteiger partial charge in [-0.15, -0.1) is 0 Å². The second kappa shape index (κ2) is 4.45. The third kappa shape index (κ3) is 2.22. The second-order valence-corrected chi connectivity index (χ2v) is 4.20. The van der Waals surface area contributed by atoms with Gasteiger partial charge in [-0.25, -0.2) is 9.69 Å². The molecular formula is C12H15N3O2. The summed E-state index contributed by atoms with van der Waals surface area (Å²) in [5.41, 5.74) is 1.40. The standard InChI is InChI=1S/C12H15N3O2/c1-8(2)14-12(17)15-10-6-4-3-5-9(10)13-7-11(15)16/h3-6,8,13H,7H2,1-2H3,(H,14,17). The van der Waals surface area contributed by atoms with E-state index in [0.29, 0.717) is 5.69 Å². The van der Waals surface area contributed by atoms with Gasteiger partial charge in [-0.05, 0) is 26.0 Å². The Balaban J connectivity index is 2.33. The van der Waals surface area contributed by atoms with Gasteiger partial charge in [0, 0.05) is 6.04 Å². The molecule has 0 aromatic heterocycles. The van der Waals surface area contributed by atoms with Crippen molar-refractivity contribution in [1.29, 1.82) is 0 Å². The van der Waals surface area contributed by atoms with Crippen LogP contribution in [0.2, 0.25) is 0 Å². The Kier molecular flexibility index (Phi) is 2.99. The first-order valence-corrected chi connectivity index (χ1v) is 5.56. The summed E-state index contributed by atoms with van der Waals surface area (Å²) in [4.78, 5) is 24.9. The summed E-state index contributed by atoms with van der Waals surface area (Å²) in [6, 6.07) is 6.88. The molecule has 3 amide bonds. The quantitative estimate of drug-likeness (QED) is 0.773. The lowest BCUT2D eigenvalue weighted by Gasteiger charge is -2.29. The number of hydrogen-bond donors (Lipinski definition) is 2. The van der Waals surface area contributed by atoms with E-state index in [4.69, 9.17) is 0 Å². The minimum absolute atomic E-state index is 0.00246. The van der Waals surface area contributed by atoms with Crippen molar-refractivity contribution in [1.82, 2.24) is 5.32 Å². The number of carbonyl (C=O) groups excluding carboxylic acids is 2. The monoisotopic (exact) mass is 233 g/mol. The highest BCUT2D eigenvalue weighted by molar-refractivity contribution is 6.19. The predicted molar refractivity (Wildman–Crippen MR) is 66.1 cm³/mol. The molecule has 0 atom stereocenters. The van der Waals surface area contributed by atoms with Crippen LogP contribution in [0.25, 0.3) is 0 Å². The predicted octanol–water partition coefficient (Wildman–Crippen LogP) is 1.56. The maximum atomic E-state index is 11.9. The summed E-state index contributed by atoms with van der Waals surface area (Å²) in [5, 5.41) is 5.70. The van der Waals surface area contributed by atoms with Crippen LogP contribution in [-0.4, -0.2) is 24.5 Å². The fourth-order valence-corrected chi connectivity index (χ4v) is 1.74. The molecule has 0 unspecified atom stereocenters. The summed E-state index contributed by atoms with van der Waals surface area (Å²) in [6.07, 6.45) is 0.